The molecule has 0 saturated carbocycles. The van der Waals surface area contributed by atoms with E-state index in [0.29, 0.717) is 37.1 Å². The number of aryl methyl sites for hydroxylation is 1. The van der Waals surface area contributed by atoms with Crippen LogP contribution in [0.2, 0.25) is 0 Å². The Labute approximate surface area is 227 Å². The average Bonchev–Trinajstić information content (AvgIpc) is 3.32. The minimum absolute atomic E-state index is 0.0663. The fraction of sp³-hybridized carbons (Fsp3) is 0.323. The minimum atomic E-state index is -1.02. The highest BCUT2D eigenvalue weighted by Gasteiger charge is 2.54. The molecule has 2 aliphatic rings. The van der Waals surface area contributed by atoms with Gasteiger partial charge in [0.15, 0.2) is 0 Å². The summed E-state index contributed by atoms with van der Waals surface area (Å²) < 4.78 is 19.6. The van der Waals surface area contributed by atoms with Gasteiger partial charge in [0.25, 0.3) is 11.8 Å². The lowest BCUT2D eigenvalue weighted by atomic mass is 9.95. The number of amides is 3. The average molecular weight is 530 g/mol. The molecule has 2 heterocycles. The second-order valence-electron chi connectivity index (χ2n) is 10.2. The van der Waals surface area contributed by atoms with Crippen LogP contribution in [0.15, 0.2) is 78.9 Å². The smallest absolute Gasteiger partial charge is 0.257 e. The van der Waals surface area contributed by atoms with Crippen molar-refractivity contribution < 1.29 is 23.5 Å². The van der Waals surface area contributed by atoms with Gasteiger partial charge >= 0.3 is 0 Å². The fourth-order valence-corrected chi connectivity index (χ4v) is 5.48. The highest BCUT2D eigenvalue weighted by Crippen LogP contribution is 2.39. The quantitative estimate of drug-likeness (QED) is 0.529. The number of rotatable bonds is 5. The standard InChI is InChI=1S/C31H32FN3O4/c1-21-8-6-7-11-26(21)30(38)35-27(28(36)33-22(2)23-9-4-3-5-10-23)20-39-31(35)16-18-34(19-17-31)29(37)24-12-14-25(32)15-13-24/h3-15,22,27H,16-20H2,1-2H3,(H,33,36). The minimum Gasteiger partial charge on any atom is -0.353 e. The number of carbonyl (C=O) groups excluding carboxylic acids is 3. The molecular weight excluding hydrogens is 497 g/mol. The topological polar surface area (TPSA) is 79.0 Å². The van der Waals surface area contributed by atoms with Gasteiger partial charge in [0.1, 0.15) is 17.6 Å². The summed E-state index contributed by atoms with van der Waals surface area (Å²) >= 11 is 0. The van der Waals surface area contributed by atoms with Gasteiger partial charge in [-0.05, 0) is 55.3 Å². The maximum atomic E-state index is 14.0. The molecule has 3 aromatic rings. The molecule has 0 radical (unpaired) electrons. The number of hydrogen-bond donors (Lipinski definition) is 1. The summed E-state index contributed by atoms with van der Waals surface area (Å²) in [4.78, 5) is 43.9. The number of nitrogens with zero attached hydrogens (tertiary/aromatic N) is 2. The van der Waals surface area contributed by atoms with Gasteiger partial charge in [-0.2, -0.15) is 0 Å². The predicted molar refractivity (Wildman–Crippen MR) is 144 cm³/mol. The third kappa shape index (κ3) is 5.29. The normalized spacial score (nSPS) is 19.1. The molecule has 1 N–H and O–H groups in total. The summed E-state index contributed by atoms with van der Waals surface area (Å²) in [5, 5.41) is 3.06. The molecule has 2 unspecified atom stereocenters. The van der Waals surface area contributed by atoms with Crippen molar-refractivity contribution in [2.24, 2.45) is 0 Å². The molecule has 3 amide bonds. The third-order valence-electron chi connectivity index (χ3n) is 7.74. The Morgan fingerprint density at radius 3 is 2.23 bits per heavy atom. The zero-order valence-electron chi connectivity index (χ0n) is 22.1. The lowest BCUT2D eigenvalue weighted by Gasteiger charge is -2.44. The van der Waals surface area contributed by atoms with Crippen LogP contribution in [-0.4, -0.2) is 59.0 Å². The van der Waals surface area contributed by atoms with E-state index in [9.17, 15) is 18.8 Å². The largest absolute Gasteiger partial charge is 0.353 e. The number of piperidine rings is 1. The summed E-state index contributed by atoms with van der Waals surface area (Å²) in [7, 11) is 0. The van der Waals surface area contributed by atoms with Crippen molar-refractivity contribution in [2.45, 2.75) is 44.5 Å². The van der Waals surface area contributed by atoms with E-state index >= 15 is 0 Å². The van der Waals surface area contributed by atoms with Crippen LogP contribution in [0.1, 0.15) is 57.7 Å². The van der Waals surface area contributed by atoms with E-state index in [4.69, 9.17) is 4.74 Å². The van der Waals surface area contributed by atoms with Crippen molar-refractivity contribution in [3.05, 3.63) is 107 Å². The van der Waals surface area contributed by atoms with Gasteiger partial charge in [0, 0.05) is 37.1 Å². The number of likely N-dealkylation sites (tertiary alicyclic amines) is 1. The molecule has 5 rings (SSSR count). The van der Waals surface area contributed by atoms with Crippen molar-refractivity contribution in [3.63, 3.8) is 0 Å². The molecule has 0 aromatic heterocycles. The van der Waals surface area contributed by atoms with Crippen molar-refractivity contribution in [1.82, 2.24) is 15.1 Å². The molecule has 202 valence electrons. The van der Waals surface area contributed by atoms with Gasteiger partial charge in [-0.15, -0.1) is 0 Å². The van der Waals surface area contributed by atoms with E-state index in [1.165, 1.54) is 24.3 Å². The lowest BCUT2D eigenvalue weighted by molar-refractivity contribution is -0.128. The van der Waals surface area contributed by atoms with Crippen molar-refractivity contribution in [2.75, 3.05) is 19.7 Å². The summed E-state index contributed by atoms with van der Waals surface area (Å²) in [6.07, 6.45) is 0.713. The Bertz CT molecular complexity index is 1350. The van der Waals surface area contributed by atoms with E-state index < -0.39 is 17.6 Å². The second kappa shape index (κ2) is 11.0. The van der Waals surface area contributed by atoms with Gasteiger partial charge in [-0.3, -0.25) is 19.3 Å². The number of halogens is 1. The molecule has 8 heteroatoms. The Hall–Kier alpha value is -4.04. The van der Waals surface area contributed by atoms with Crippen molar-refractivity contribution >= 4 is 17.7 Å². The molecule has 0 aliphatic carbocycles. The molecule has 7 nitrogen and oxygen atoms in total. The Morgan fingerprint density at radius 2 is 1.56 bits per heavy atom. The number of hydrogen-bond acceptors (Lipinski definition) is 4. The van der Waals surface area contributed by atoms with Gasteiger partial charge in [0.05, 0.1) is 12.6 Å². The van der Waals surface area contributed by atoms with Crippen LogP contribution in [0.4, 0.5) is 4.39 Å². The van der Waals surface area contributed by atoms with E-state index in [2.05, 4.69) is 5.32 Å². The first kappa shape index (κ1) is 26.6. The maximum absolute atomic E-state index is 14.0. The molecule has 39 heavy (non-hydrogen) atoms. The molecule has 2 fully saturated rings. The van der Waals surface area contributed by atoms with Crippen LogP contribution < -0.4 is 5.32 Å². The zero-order valence-corrected chi connectivity index (χ0v) is 22.1. The van der Waals surface area contributed by atoms with Crippen LogP contribution in [0.3, 0.4) is 0 Å². The van der Waals surface area contributed by atoms with Crippen LogP contribution in [0, 0.1) is 12.7 Å². The summed E-state index contributed by atoms with van der Waals surface area (Å²) in [5.74, 6) is -1.16. The number of nitrogens with one attached hydrogen (secondary N) is 1. The van der Waals surface area contributed by atoms with E-state index in [-0.39, 0.29) is 30.4 Å². The second-order valence-corrected chi connectivity index (χ2v) is 10.2. The van der Waals surface area contributed by atoms with E-state index in [1.54, 1.807) is 21.9 Å². The van der Waals surface area contributed by atoms with Crippen LogP contribution in [0.25, 0.3) is 0 Å². The summed E-state index contributed by atoms with van der Waals surface area (Å²) in [5.41, 5.74) is 1.67. The van der Waals surface area contributed by atoms with Gasteiger partial charge in [-0.25, -0.2) is 4.39 Å². The molecule has 3 aromatic carbocycles. The van der Waals surface area contributed by atoms with Gasteiger partial charge < -0.3 is 15.0 Å². The highest BCUT2D eigenvalue weighted by molar-refractivity contribution is 5.99. The molecule has 0 bridgehead atoms. The van der Waals surface area contributed by atoms with E-state index in [1.807, 2.05) is 56.3 Å². The van der Waals surface area contributed by atoms with Crippen molar-refractivity contribution in [1.29, 1.82) is 0 Å². The number of ether oxygens (including phenoxy) is 1. The monoisotopic (exact) mass is 529 g/mol. The van der Waals surface area contributed by atoms with Crippen molar-refractivity contribution in [3.8, 4) is 0 Å². The summed E-state index contributed by atoms with van der Waals surface area (Å²) in [6, 6.07) is 21.4. The molecule has 2 aliphatic heterocycles. The first-order chi connectivity index (χ1) is 18.8. The number of carbonyl (C=O) groups is 3. The molecular formula is C31H32FN3O4. The molecule has 2 atom stereocenters. The first-order valence-corrected chi connectivity index (χ1v) is 13.2. The van der Waals surface area contributed by atoms with E-state index in [0.717, 1.165) is 11.1 Å². The summed E-state index contributed by atoms with van der Waals surface area (Å²) in [6.45, 7) is 4.52. The van der Waals surface area contributed by atoms with Crippen LogP contribution in [0.5, 0.6) is 0 Å². The van der Waals surface area contributed by atoms with Crippen LogP contribution >= 0.6 is 0 Å². The Kier molecular flexibility index (Phi) is 7.48. The van der Waals surface area contributed by atoms with Gasteiger partial charge in [-0.1, -0.05) is 48.5 Å². The Morgan fingerprint density at radius 1 is 0.923 bits per heavy atom. The third-order valence-corrected chi connectivity index (χ3v) is 7.74. The fourth-order valence-electron chi connectivity index (χ4n) is 5.48. The number of benzene rings is 3. The predicted octanol–water partition coefficient (Wildman–Crippen LogP) is 4.49. The van der Waals surface area contributed by atoms with Crippen LogP contribution in [-0.2, 0) is 9.53 Å². The maximum Gasteiger partial charge on any atom is 0.257 e. The lowest BCUT2D eigenvalue weighted by Crippen LogP contribution is -2.60. The zero-order chi connectivity index (χ0) is 27.6. The molecule has 1 spiro atoms. The SMILES string of the molecule is Cc1ccccc1C(=O)N1C(C(=O)NC(C)c2ccccc2)COC12CCN(C(=O)c1ccc(F)cc1)CC2. The first-order valence-electron chi connectivity index (χ1n) is 13.2. The van der Waals surface area contributed by atoms with Gasteiger partial charge in [0.2, 0.25) is 5.91 Å². The highest BCUT2D eigenvalue weighted by atomic mass is 19.1. The Balaban J connectivity index is 1.39. The molecule has 2 saturated heterocycles.